The number of hydrogen-bond acceptors (Lipinski definition) is 8. The molecule has 1 aromatic heterocycles. The largest absolute Gasteiger partial charge is 0.490 e. The second kappa shape index (κ2) is 14.3. The summed E-state index contributed by atoms with van der Waals surface area (Å²) in [5, 5.41) is 9.82. The highest BCUT2D eigenvalue weighted by molar-refractivity contribution is 5.77. The van der Waals surface area contributed by atoms with Gasteiger partial charge in [-0.2, -0.15) is 13.2 Å². The van der Waals surface area contributed by atoms with Crippen molar-refractivity contribution >= 4 is 23.5 Å². The van der Waals surface area contributed by atoms with Crippen molar-refractivity contribution < 1.29 is 54.9 Å². The van der Waals surface area contributed by atoms with Gasteiger partial charge in [0.15, 0.2) is 23.2 Å². The molecule has 232 valence electrons. The minimum atomic E-state index is -5.08. The number of amides is 1. The molecule has 0 unspecified atom stereocenters. The van der Waals surface area contributed by atoms with Gasteiger partial charge in [0.1, 0.15) is 18.5 Å². The van der Waals surface area contributed by atoms with Gasteiger partial charge in [-0.05, 0) is 12.1 Å². The fourth-order valence-electron chi connectivity index (χ4n) is 4.20. The van der Waals surface area contributed by atoms with Crippen molar-refractivity contribution in [2.45, 2.75) is 44.5 Å². The molecule has 2 N–H and O–H groups in total. The van der Waals surface area contributed by atoms with Gasteiger partial charge in [0.05, 0.1) is 24.5 Å². The van der Waals surface area contributed by atoms with Crippen LogP contribution in [0.2, 0.25) is 0 Å². The fourth-order valence-corrected chi connectivity index (χ4v) is 4.20. The molecule has 4 rings (SSSR count). The first-order chi connectivity index (χ1) is 19.8. The van der Waals surface area contributed by atoms with E-state index in [9.17, 15) is 35.5 Å². The molecule has 42 heavy (non-hydrogen) atoms. The number of benzene rings is 1. The van der Waals surface area contributed by atoms with Crippen molar-refractivity contribution in [2.75, 3.05) is 50.1 Å². The molecule has 0 bridgehead atoms. The number of carboxylic acids is 1. The second-order valence-corrected chi connectivity index (χ2v) is 9.24. The lowest BCUT2D eigenvalue weighted by atomic mass is 10.1. The number of carboxylic acid groups (broad SMARTS) is 1. The molecule has 0 saturated carbocycles. The van der Waals surface area contributed by atoms with Gasteiger partial charge in [0, 0.05) is 52.1 Å². The highest BCUT2D eigenvalue weighted by Crippen LogP contribution is 2.30. The molecular formula is C25H28F7N5O5. The van der Waals surface area contributed by atoms with E-state index in [1.807, 2.05) is 4.90 Å². The number of methoxy groups -OCH3 is 1. The number of rotatable bonds is 8. The first kappa shape index (κ1) is 32.6. The van der Waals surface area contributed by atoms with Crippen LogP contribution < -0.4 is 15.0 Å². The monoisotopic (exact) mass is 611 g/mol. The lowest BCUT2D eigenvalue weighted by molar-refractivity contribution is -0.192. The molecule has 10 nitrogen and oxygen atoms in total. The molecule has 1 fully saturated rings. The Morgan fingerprint density at radius 1 is 1.12 bits per heavy atom. The number of aromatic nitrogens is 2. The average molecular weight is 612 g/mol. The number of carbonyl (C=O) groups excluding carboxylic acids is 1. The molecule has 0 atom stereocenters. The zero-order valence-corrected chi connectivity index (χ0v) is 22.3. The Hall–Kier alpha value is -3.89. The Labute approximate surface area is 235 Å². The van der Waals surface area contributed by atoms with Crippen molar-refractivity contribution in [3.05, 3.63) is 41.2 Å². The topological polar surface area (TPSA) is 117 Å². The summed E-state index contributed by atoms with van der Waals surface area (Å²) < 4.78 is 95.3. The van der Waals surface area contributed by atoms with E-state index < -0.39 is 36.8 Å². The summed E-state index contributed by atoms with van der Waals surface area (Å²) >= 11 is 0. The van der Waals surface area contributed by atoms with Crippen LogP contribution in [0.3, 0.4) is 0 Å². The number of hydrogen-bond donors (Lipinski definition) is 2. The standard InChI is InChI=1S/C23H27F4N5O3.C2HF3O2/c1-34-13-21(33)32-9-6-17-18(12-32)30-23(22(29-17)28-11-20(26)27)31-7-4-15(5-8-31)35-19-3-2-14(24)10-16(19)25;3-2(4,5)1(6)7/h2-3,10,15,20H,4-9,11-13H2,1H3,(H,28,29);(H,6,7). The normalized spacial score (nSPS) is 15.5. The van der Waals surface area contributed by atoms with Crippen molar-refractivity contribution in [2.24, 2.45) is 0 Å². The minimum Gasteiger partial charge on any atom is -0.487 e. The SMILES string of the molecule is COCC(=O)N1CCc2nc(NCC(F)F)c(N3CCC(Oc4ccc(F)cc4F)CC3)nc2C1.O=C(O)C(F)(F)F. The average Bonchev–Trinajstić information content (AvgIpc) is 2.93. The molecule has 0 aliphatic carbocycles. The highest BCUT2D eigenvalue weighted by Gasteiger charge is 2.38. The highest BCUT2D eigenvalue weighted by atomic mass is 19.4. The predicted octanol–water partition coefficient (Wildman–Crippen LogP) is 3.64. The van der Waals surface area contributed by atoms with Gasteiger partial charge in [0.25, 0.3) is 6.43 Å². The summed E-state index contributed by atoms with van der Waals surface area (Å²) in [6.07, 6.45) is -6.45. The first-order valence-corrected chi connectivity index (χ1v) is 12.6. The van der Waals surface area contributed by atoms with Gasteiger partial charge >= 0.3 is 12.1 Å². The third kappa shape index (κ3) is 9.06. The number of fused-ring (bicyclic) bond motifs is 1. The van der Waals surface area contributed by atoms with Gasteiger partial charge in [-0.3, -0.25) is 4.79 Å². The number of anilines is 2. The lowest BCUT2D eigenvalue weighted by Crippen LogP contribution is -2.41. The molecule has 1 aromatic carbocycles. The van der Waals surface area contributed by atoms with E-state index in [1.54, 1.807) is 4.90 Å². The van der Waals surface area contributed by atoms with Crippen LogP contribution >= 0.6 is 0 Å². The summed E-state index contributed by atoms with van der Waals surface area (Å²) in [5.41, 5.74) is 1.28. The van der Waals surface area contributed by atoms with Crippen LogP contribution in [0.25, 0.3) is 0 Å². The number of halogens is 7. The summed E-state index contributed by atoms with van der Waals surface area (Å²) in [7, 11) is 1.45. The maximum atomic E-state index is 13.9. The summed E-state index contributed by atoms with van der Waals surface area (Å²) in [4.78, 5) is 34.0. The van der Waals surface area contributed by atoms with E-state index >= 15 is 0 Å². The number of nitrogens with zero attached hydrogens (tertiary/aromatic N) is 4. The van der Waals surface area contributed by atoms with E-state index in [0.717, 1.165) is 12.1 Å². The molecular weight excluding hydrogens is 583 g/mol. The van der Waals surface area contributed by atoms with Crippen LogP contribution in [0.15, 0.2) is 18.2 Å². The summed E-state index contributed by atoms with van der Waals surface area (Å²) in [6, 6.07) is 3.17. The molecule has 1 saturated heterocycles. The molecule has 2 aliphatic heterocycles. The van der Waals surface area contributed by atoms with E-state index in [1.165, 1.54) is 13.2 Å². The predicted molar refractivity (Wildman–Crippen MR) is 133 cm³/mol. The first-order valence-electron chi connectivity index (χ1n) is 12.6. The minimum absolute atomic E-state index is 0.0153. The van der Waals surface area contributed by atoms with Gasteiger partial charge in [0.2, 0.25) is 5.91 Å². The van der Waals surface area contributed by atoms with E-state index in [4.69, 9.17) is 24.4 Å². The number of aliphatic carboxylic acids is 1. The van der Waals surface area contributed by atoms with Gasteiger partial charge in [-0.25, -0.2) is 32.3 Å². The molecule has 17 heteroatoms. The number of piperidine rings is 1. The smallest absolute Gasteiger partial charge is 0.487 e. The Kier molecular flexibility index (Phi) is 11.1. The number of ether oxygens (including phenoxy) is 2. The summed E-state index contributed by atoms with van der Waals surface area (Å²) in [6.45, 7) is 1.04. The van der Waals surface area contributed by atoms with Crippen molar-refractivity contribution in [3.8, 4) is 5.75 Å². The van der Waals surface area contributed by atoms with E-state index in [2.05, 4.69) is 10.3 Å². The van der Waals surface area contributed by atoms with Gasteiger partial charge < -0.3 is 29.7 Å². The Balaban J connectivity index is 0.000000616. The quantitative estimate of drug-likeness (QED) is 0.432. The zero-order chi connectivity index (χ0) is 31.0. The van der Waals surface area contributed by atoms with Crippen LogP contribution in [0.1, 0.15) is 24.2 Å². The number of nitrogens with one attached hydrogen (secondary N) is 1. The van der Waals surface area contributed by atoms with Gasteiger partial charge in [-0.1, -0.05) is 0 Å². The third-order valence-electron chi connectivity index (χ3n) is 6.21. The molecule has 2 aliphatic rings. The van der Waals surface area contributed by atoms with Crippen LogP contribution in [-0.2, 0) is 27.3 Å². The van der Waals surface area contributed by atoms with Gasteiger partial charge in [-0.15, -0.1) is 0 Å². The van der Waals surface area contributed by atoms with Crippen LogP contribution in [0.5, 0.6) is 5.75 Å². The van der Waals surface area contributed by atoms with Crippen molar-refractivity contribution in [3.63, 3.8) is 0 Å². The van der Waals surface area contributed by atoms with Crippen molar-refractivity contribution in [1.29, 1.82) is 0 Å². The molecule has 2 aromatic rings. The summed E-state index contributed by atoms with van der Waals surface area (Å²) in [5.74, 6) is -3.68. The second-order valence-electron chi connectivity index (χ2n) is 9.24. The van der Waals surface area contributed by atoms with Crippen LogP contribution in [0, 0.1) is 11.6 Å². The Morgan fingerprint density at radius 3 is 2.36 bits per heavy atom. The van der Waals surface area contributed by atoms with Crippen molar-refractivity contribution in [1.82, 2.24) is 14.9 Å². The molecule has 1 amide bonds. The molecule has 0 spiro atoms. The Morgan fingerprint density at radius 2 is 1.79 bits per heavy atom. The molecule has 3 heterocycles. The lowest BCUT2D eigenvalue weighted by Gasteiger charge is -2.35. The van der Waals surface area contributed by atoms with Crippen LogP contribution in [0.4, 0.5) is 42.4 Å². The zero-order valence-electron chi connectivity index (χ0n) is 22.3. The molecule has 0 radical (unpaired) electrons. The number of alkyl halides is 5. The fraction of sp³-hybridized carbons (Fsp3) is 0.520. The maximum absolute atomic E-state index is 13.9. The van der Waals surface area contributed by atoms with E-state index in [-0.39, 0.29) is 36.7 Å². The third-order valence-corrected chi connectivity index (χ3v) is 6.21. The van der Waals surface area contributed by atoms with Crippen LogP contribution in [-0.4, -0.2) is 90.5 Å². The Bertz CT molecular complexity index is 1240. The van der Waals surface area contributed by atoms with E-state index in [0.29, 0.717) is 56.1 Å². The maximum Gasteiger partial charge on any atom is 0.490 e. The number of carbonyl (C=O) groups is 2.